The van der Waals surface area contributed by atoms with E-state index in [0.29, 0.717) is 39.1 Å². The summed E-state index contributed by atoms with van der Waals surface area (Å²) < 4.78 is 10.6. The molecular weight excluding hydrogens is 384 g/mol. The second kappa shape index (κ2) is 8.16. The molecule has 4 aliphatic heterocycles. The first-order chi connectivity index (χ1) is 14.7. The molecule has 160 valence electrons. The van der Waals surface area contributed by atoms with Gasteiger partial charge in [0.05, 0.1) is 32.4 Å². The summed E-state index contributed by atoms with van der Waals surface area (Å²) in [6.45, 7) is 2.63. The highest BCUT2D eigenvalue weighted by molar-refractivity contribution is 5.89. The van der Waals surface area contributed by atoms with E-state index < -0.39 is 0 Å². The van der Waals surface area contributed by atoms with Gasteiger partial charge in [-0.2, -0.15) is 5.10 Å². The lowest BCUT2D eigenvalue weighted by Gasteiger charge is -2.37. The number of methoxy groups -OCH3 is 1. The smallest absolute Gasteiger partial charge is 0.223 e. The van der Waals surface area contributed by atoms with E-state index in [1.54, 1.807) is 7.11 Å². The van der Waals surface area contributed by atoms with Gasteiger partial charge in [-0.25, -0.2) is 5.43 Å². The molecule has 5 rings (SSSR count). The van der Waals surface area contributed by atoms with Crippen molar-refractivity contribution in [2.24, 2.45) is 5.10 Å². The molecule has 1 amide bonds. The number of hydrazone groups is 1. The van der Waals surface area contributed by atoms with Crippen LogP contribution in [0, 0.1) is 0 Å². The number of nitrogens with zero attached hydrogens (tertiary/aromatic N) is 4. The molecule has 2 saturated heterocycles. The van der Waals surface area contributed by atoms with Crippen molar-refractivity contribution in [3.05, 3.63) is 42.2 Å². The topological polar surface area (TPSA) is 81.7 Å². The lowest BCUT2D eigenvalue weighted by atomic mass is 9.99. The second-order valence-corrected chi connectivity index (χ2v) is 7.97. The molecule has 9 heteroatoms. The molecule has 0 bridgehead atoms. The fourth-order valence-electron chi connectivity index (χ4n) is 4.55. The quantitative estimate of drug-likeness (QED) is 0.746. The molecular formula is C21H28N6O3. The van der Waals surface area contributed by atoms with Crippen LogP contribution in [0.25, 0.3) is 0 Å². The molecule has 0 spiro atoms. The summed E-state index contributed by atoms with van der Waals surface area (Å²) in [6, 6.07) is 8.70. The first-order valence-corrected chi connectivity index (χ1v) is 10.6. The van der Waals surface area contributed by atoms with Gasteiger partial charge in [0, 0.05) is 38.3 Å². The Kier molecular flexibility index (Phi) is 5.22. The number of fused-ring (bicyclic) bond motifs is 3. The van der Waals surface area contributed by atoms with Gasteiger partial charge in [-0.1, -0.05) is 12.1 Å². The SMILES string of the molecule is COc1ccc(C2CC3C4NN=C(CCC(=O)N5CCOCC5)N4C=CN3N2)cc1. The molecule has 4 heterocycles. The van der Waals surface area contributed by atoms with Gasteiger partial charge in [0.1, 0.15) is 17.8 Å². The normalized spacial score (nSPS) is 27.4. The zero-order valence-corrected chi connectivity index (χ0v) is 17.2. The molecule has 0 saturated carbocycles. The van der Waals surface area contributed by atoms with Crippen molar-refractivity contribution in [3.8, 4) is 5.75 Å². The number of carbonyl (C=O) groups is 1. The maximum absolute atomic E-state index is 12.5. The number of rotatable bonds is 5. The van der Waals surface area contributed by atoms with Gasteiger partial charge in [-0.15, -0.1) is 0 Å². The maximum atomic E-state index is 12.5. The predicted molar refractivity (Wildman–Crippen MR) is 111 cm³/mol. The summed E-state index contributed by atoms with van der Waals surface area (Å²) in [7, 11) is 1.68. The molecule has 3 unspecified atom stereocenters. The zero-order chi connectivity index (χ0) is 20.5. The maximum Gasteiger partial charge on any atom is 0.223 e. The number of hydrazine groups is 1. The Hall–Kier alpha value is -2.78. The van der Waals surface area contributed by atoms with E-state index in [4.69, 9.17) is 9.47 Å². The van der Waals surface area contributed by atoms with Gasteiger partial charge >= 0.3 is 0 Å². The van der Waals surface area contributed by atoms with Crippen molar-refractivity contribution in [2.45, 2.75) is 37.5 Å². The van der Waals surface area contributed by atoms with Gasteiger partial charge in [0.2, 0.25) is 5.91 Å². The summed E-state index contributed by atoms with van der Waals surface area (Å²) in [5.74, 6) is 1.96. The molecule has 0 aliphatic carbocycles. The number of nitrogens with one attached hydrogen (secondary N) is 2. The summed E-state index contributed by atoms with van der Waals surface area (Å²) in [5, 5.41) is 6.72. The van der Waals surface area contributed by atoms with E-state index in [1.165, 1.54) is 5.56 Å². The van der Waals surface area contributed by atoms with E-state index in [1.807, 2.05) is 23.2 Å². The average molecular weight is 412 g/mol. The number of carbonyl (C=O) groups excluding carboxylic acids is 1. The van der Waals surface area contributed by atoms with Crippen molar-refractivity contribution in [1.82, 2.24) is 25.7 Å². The molecule has 0 radical (unpaired) electrons. The van der Waals surface area contributed by atoms with Crippen molar-refractivity contribution >= 4 is 11.7 Å². The number of hydrogen-bond acceptors (Lipinski definition) is 8. The summed E-state index contributed by atoms with van der Waals surface area (Å²) >= 11 is 0. The highest BCUT2D eigenvalue weighted by Gasteiger charge is 2.44. The molecule has 3 atom stereocenters. The van der Waals surface area contributed by atoms with Crippen LogP contribution in [0.4, 0.5) is 0 Å². The van der Waals surface area contributed by atoms with E-state index in [0.717, 1.165) is 18.0 Å². The van der Waals surface area contributed by atoms with Crippen LogP contribution in [-0.4, -0.2) is 72.2 Å². The van der Waals surface area contributed by atoms with Crippen LogP contribution in [0.5, 0.6) is 5.75 Å². The molecule has 1 aromatic carbocycles. The molecule has 2 fully saturated rings. The highest BCUT2D eigenvalue weighted by atomic mass is 16.5. The molecule has 4 aliphatic rings. The summed E-state index contributed by atoms with van der Waals surface area (Å²) in [5.41, 5.74) is 8.11. The number of amidine groups is 1. The largest absolute Gasteiger partial charge is 0.497 e. The van der Waals surface area contributed by atoms with Crippen molar-refractivity contribution in [3.63, 3.8) is 0 Å². The van der Waals surface area contributed by atoms with Gasteiger partial charge in [0.25, 0.3) is 0 Å². The van der Waals surface area contributed by atoms with Gasteiger partial charge in [0.15, 0.2) is 0 Å². The van der Waals surface area contributed by atoms with Crippen LogP contribution >= 0.6 is 0 Å². The second-order valence-electron chi connectivity index (χ2n) is 7.97. The Morgan fingerprint density at radius 2 is 2.03 bits per heavy atom. The Morgan fingerprint density at radius 1 is 1.23 bits per heavy atom. The Balaban J connectivity index is 1.19. The van der Waals surface area contributed by atoms with Gasteiger partial charge < -0.3 is 24.3 Å². The van der Waals surface area contributed by atoms with Crippen molar-refractivity contribution in [1.29, 1.82) is 0 Å². The Labute approximate surface area is 176 Å². The van der Waals surface area contributed by atoms with Gasteiger partial charge in [-0.05, 0) is 24.1 Å². The Morgan fingerprint density at radius 3 is 2.80 bits per heavy atom. The molecule has 1 aromatic rings. The van der Waals surface area contributed by atoms with E-state index in [-0.39, 0.29) is 24.2 Å². The third-order valence-corrected chi connectivity index (χ3v) is 6.26. The molecule has 30 heavy (non-hydrogen) atoms. The van der Waals surface area contributed by atoms with Crippen LogP contribution < -0.4 is 15.6 Å². The monoisotopic (exact) mass is 412 g/mol. The Bertz CT molecular complexity index is 836. The fourth-order valence-corrected chi connectivity index (χ4v) is 4.55. The lowest BCUT2D eigenvalue weighted by molar-refractivity contribution is -0.135. The first kappa shape index (κ1) is 19.2. The minimum absolute atomic E-state index is 0.0687. The number of ether oxygens (including phenoxy) is 2. The number of benzene rings is 1. The standard InChI is InChI=1S/C21H28N6O3/c1-29-16-4-2-15(3-5-16)17-14-18-21-23-22-19(26(21)8-9-27(18)24-17)6-7-20(28)25-10-12-30-13-11-25/h2-5,8-9,17-18,21,23-24H,6-7,10-14H2,1H3. The molecule has 0 aromatic heterocycles. The zero-order valence-electron chi connectivity index (χ0n) is 17.2. The number of morpholine rings is 1. The minimum atomic E-state index is 0.0687. The fraction of sp³-hybridized carbons (Fsp3) is 0.524. The first-order valence-electron chi connectivity index (χ1n) is 10.6. The van der Waals surface area contributed by atoms with Crippen molar-refractivity contribution in [2.75, 3.05) is 33.4 Å². The number of amides is 1. The van der Waals surface area contributed by atoms with E-state index >= 15 is 0 Å². The summed E-state index contributed by atoms with van der Waals surface area (Å²) in [6.07, 6.45) is 6.24. The van der Waals surface area contributed by atoms with Gasteiger partial charge in [-0.3, -0.25) is 10.2 Å². The molecule has 2 N–H and O–H groups in total. The lowest BCUT2D eigenvalue weighted by Crippen LogP contribution is -2.54. The van der Waals surface area contributed by atoms with Crippen LogP contribution in [0.3, 0.4) is 0 Å². The number of hydrogen-bond donors (Lipinski definition) is 2. The van der Waals surface area contributed by atoms with E-state index in [2.05, 4.69) is 44.2 Å². The van der Waals surface area contributed by atoms with Crippen LogP contribution in [0.2, 0.25) is 0 Å². The van der Waals surface area contributed by atoms with E-state index in [9.17, 15) is 4.79 Å². The van der Waals surface area contributed by atoms with Crippen LogP contribution in [-0.2, 0) is 9.53 Å². The van der Waals surface area contributed by atoms with Crippen molar-refractivity contribution < 1.29 is 14.3 Å². The predicted octanol–water partition coefficient (Wildman–Crippen LogP) is 0.984. The third-order valence-electron chi connectivity index (χ3n) is 6.26. The molecule has 9 nitrogen and oxygen atoms in total. The van der Waals surface area contributed by atoms with Crippen LogP contribution in [0.15, 0.2) is 41.8 Å². The van der Waals surface area contributed by atoms with Crippen LogP contribution in [0.1, 0.15) is 30.9 Å². The summed E-state index contributed by atoms with van der Waals surface area (Å²) in [4.78, 5) is 16.5. The third kappa shape index (κ3) is 3.59. The highest BCUT2D eigenvalue weighted by Crippen LogP contribution is 2.34. The average Bonchev–Trinajstić information content (AvgIpc) is 3.42. The minimum Gasteiger partial charge on any atom is -0.497 e.